The molecule has 0 radical (unpaired) electrons. The Bertz CT molecular complexity index is 713. The normalized spacial score (nSPS) is 25.1. The van der Waals surface area contributed by atoms with Crippen LogP contribution in [0.5, 0.6) is 0 Å². The molecule has 1 aliphatic carbocycles. The highest BCUT2D eigenvalue weighted by molar-refractivity contribution is 5.95. The molecule has 9 heteroatoms. The average Bonchev–Trinajstić information content (AvgIpc) is 3.35. The van der Waals surface area contributed by atoms with Crippen molar-refractivity contribution in [3.8, 4) is 0 Å². The Morgan fingerprint density at radius 3 is 2.52 bits per heavy atom. The van der Waals surface area contributed by atoms with Crippen molar-refractivity contribution in [3.05, 3.63) is 11.3 Å². The summed E-state index contributed by atoms with van der Waals surface area (Å²) in [4.78, 5) is 50.9. The lowest BCUT2D eigenvalue weighted by Crippen LogP contribution is -2.51. The maximum Gasteiger partial charge on any atom is 0.338 e. The molecule has 2 heterocycles. The summed E-state index contributed by atoms with van der Waals surface area (Å²) in [5.41, 5.74) is 0.487. The van der Waals surface area contributed by atoms with Gasteiger partial charge in [0.1, 0.15) is 6.61 Å². The number of hydrogen-bond donors (Lipinski definition) is 2. The second-order valence-electron chi connectivity index (χ2n) is 7.67. The number of carbonyl (C=O) groups excluding carboxylic acids is 4. The molecule has 0 spiro atoms. The zero-order valence-corrected chi connectivity index (χ0v) is 17.0. The van der Waals surface area contributed by atoms with Crippen molar-refractivity contribution < 1.29 is 28.7 Å². The van der Waals surface area contributed by atoms with Gasteiger partial charge in [-0.15, -0.1) is 0 Å². The topological polar surface area (TPSA) is 114 Å². The van der Waals surface area contributed by atoms with Crippen molar-refractivity contribution in [3.63, 3.8) is 0 Å². The van der Waals surface area contributed by atoms with Crippen LogP contribution in [0.3, 0.4) is 0 Å². The fourth-order valence-corrected chi connectivity index (χ4v) is 4.30. The molecule has 2 fully saturated rings. The van der Waals surface area contributed by atoms with Crippen molar-refractivity contribution in [2.45, 2.75) is 64.5 Å². The van der Waals surface area contributed by atoms with Gasteiger partial charge in [0.05, 0.1) is 29.8 Å². The van der Waals surface area contributed by atoms with E-state index < -0.39 is 29.9 Å². The first kappa shape index (κ1) is 21.1. The van der Waals surface area contributed by atoms with Crippen LogP contribution in [0.4, 0.5) is 4.79 Å². The molecule has 1 saturated carbocycles. The predicted molar refractivity (Wildman–Crippen MR) is 102 cm³/mol. The number of likely N-dealkylation sites (tertiary alicyclic amines) is 1. The smallest absolute Gasteiger partial charge is 0.338 e. The van der Waals surface area contributed by atoms with Gasteiger partial charge in [0.15, 0.2) is 0 Å². The summed E-state index contributed by atoms with van der Waals surface area (Å²) < 4.78 is 10.5. The highest BCUT2D eigenvalue weighted by Gasteiger charge is 2.40. The Balaban J connectivity index is 1.66. The summed E-state index contributed by atoms with van der Waals surface area (Å²) in [6.07, 6.45) is 4.83. The van der Waals surface area contributed by atoms with Crippen molar-refractivity contribution in [2.75, 3.05) is 19.8 Å². The maximum atomic E-state index is 12.6. The summed E-state index contributed by atoms with van der Waals surface area (Å²) in [7, 11) is 0. The van der Waals surface area contributed by atoms with Crippen molar-refractivity contribution in [1.29, 1.82) is 0 Å². The molecule has 0 bridgehead atoms. The lowest BCUT2D eigenvalue weighted by molar-refractivity contribution is -0.148. The van der Waals surface area contributed by atoms with E-state index in [1.807, 2.05) is 11.8 Å². The Hall–Kier alpha value is -2.58. The minimum absolute atomic E-state index is 0.00788. The summed E-state index contributed by atoms with van der Waals surface area (Å²) >= 11 is 0. The molecule has 2 aliphatic heterocycles. The molecule has 3 aliphatic rings. The standard InChI is InChI=1S/C20H29N3O6/c1-3-14-17(19(26)28-4-2)15(22-20(27)21-14)11-29-18(25)12-9-16(24)23(10-12)13-7-5-6-8-13/h12-14H,3-11H2,1-2H3,(H2,21,22,27)/t12-,14-/m1/s1. The van der Waals surface area contributed by atoms with E-state index >= 15 is 0 Å². The first-order chi connectivity index (χ1) is 13.9. The lowest BCUT2D eigenvalue weighted by Gasteiger charge is -2.28. The molecule has 0 aromatic rings. The number of esters is 2. The van der Waals surface area contributed by atoms with Gasteiger partial charge in [0.25, 0.3) is 0 Å². The molecule has 2 atom stereocenters. The highest BCUT2D eigenvalue weighted by atomic mass is 16.5. The summed E-state index contributed by atoms with van der Waals surface area (Å²) in [6.45, 7) is 3.85. The first-order valence-corrected chi connectivity index (χ1v) is 10.4. The average molecular weight is 407 g/mol. The van der Waals surface area contributed by atoms with Gasteiger partial charge < -0.3 is 25.0 Å². The number of ether oxygens (including phenoxy) is 2. The van der Waals surface area contributed by atoms with Gasteiger partial charge in [-0.1, -0.05) is 19.8 Å². The Morgan fingerprint density at radius 1 is 1.14 bits per heavy atom. The molecule has 9 nitrogen and oxygen atoms in total. The van der Waals surface area contributed by atoms with E-state index in [2.05, 4.69) is 10.6 Å². The second-order valence-corrected chi connectivity index (χ2v) is 7.67. The van der Waals surface area contributed by atoms with E-state index in [1.54, 1.807) is 6.92 Å². The van der Waals surface area contributed by atoms with Crippen molar-refractivity contribution >= 4 is 23.9 Å². The van der Waals surface area contributed by atoms with E-state index in [4.69, 9.17) is 9.47 Å². The Kier molecular flexibility index (Phi) is 6.76. The number of nitrogens with zero attached hydrogens (tertiary/aromatic N) is 1. The van der Waals surface area contributed by atoms with Gasteiger partial charge in [-0.3, -0.25) is 9.59 Å². The monoisotopic (exact) mass is 407 g/mol. The third kappa shape index (κ3) is 4.71. The van der Waals surface area contributed by atoms with E-state index in [0.29, 0.717) is 13.0 Å². The first-order valence-electron chi connectivity index (χ1n) is 10.4. The molecule has 160 valence electrons. The molecule has 2 N–H and O–H groups in total. The van der Waals surface area contributed by atoms with Crippen molar-refractivity contribution in [1.82, 2.24) is 15.5 Å². The third-order valence-corrected chi connectivity index (χ3v) is 5.76. The molecule has 3 rings (SSSR count). The molecule has 0 aromatic carbocycles. The number of amides is 3. The SMILES string of the molecule is CCOC(=O)C1=C(COC(=O)[C@@H]2CC(=O)N(C3CCCC3)C2)NC(=O)N[C@@H]1CC. The molecule has 0 unspecified atom stereocenters. The van der Waals surface area contributed by atoms with E-state index in [9.17, 15) is 19.2 Å². The zero-order valence-electron chi connectivity index (χ0n) is 17.0. The van der Waals surface area contributed by atoms with Crippen LogP contribution >= 0.6 is 0 Å². The van der Waals surface area contributed by atoms with Crippen LogP contribution in [0.25, 0.3) is 0 Å². The molecular weight excluding hydrogens is 378 g/mol. The number of nitrogens with one attached hydrogen (secondary N) is 2. The zero-order chi connectivity index (χ0) is 21.0. The van der Waals surface area contributed by atoms with Gasteiger partial charge in [-0.05, 0) is 26.2 Å². The number of urea groups is 1. The molecule has 1 saturated heterocycles. The number of carbonyl (C=O) groups is 4. The summed E-state index contributed by atoms with van der Waals surface area (Å²) in [6, 6.07) is -0.741. The van der Waals surface area contributed by atoms with Crippen molar-refractivity contribution in [2.24, 2.45) is 5.92 Å². The fourth-order valence-electron chi connectivity index (χ4n) is 4.30. The van der Waals surface area contributed by atoms with E-state index in [1.165, 1.54) is 0 Å². The van der Waals surface area contributed by atoms with Gasteiger partial charge in [0, 0.05) is 19.0 Å². The molecule has 3 amide bonds. The van der Waals surface area contributed by atoms with E-state index in [-0.39, 0.29) is 42.9 Å². The highest BCUT2D eigenvalue weighted by Crippen LogP contribution is 2.30. The lowest BCUT2D eigenvalue weighted by atomic mass is 10.0. The van der Waals surface area contributed by atoms with Gasteiger partial charge in [-0.2, -0.15) is 0 Å². The number of hydrogen-bond acceptors (Lipinski definition) is 6. The Morgan fingerprint density at radius 2 is 1.86 bits per heavy atom. The fraction of sp³-hybridized carbons (Fsp3) is 0.700. The minimum Gasteiger partial charge on any atom is -0.463 e. The van der Waals surface area contributed by atoms with Crippen LogP contribution in [0.15, 0.2) is 11.3 Å². The summed E-state index contributed by atoms with van der Waals surface area (Å²) in [5, 5.41) is 5.22. The second kappa shape index (κ2) is 9.28. The van der Waals surface area contributed by atoms with Crippen LogP contribution in [0.2, 0.25) is 0 Å². The maximum absolute atomic E-state index is 12.6. The van der Waals surface area contributed by atoms with Crippen LogP contribution < -0.4 is 10.6 Å². The van der Waals surface area contributed by atoms with Gasteiger partial charge in [-0.25, -0.2) is 9.59 Å². The minimum atomic E-state index is -0.554. The quantitative estimate of drug-likeness (QED) is 0.614. The largest absolute Gasteiger partial charge is 0.463 e. The van der Waals surface area contributed by atoms with E-state index in [0.717, 1.165) is 25.7 Å². The molecule has 0 aromatic heterocycles. The Labute approximate surface area is 170 Å². The van der Waals surface area contributed by atoms with Crippen LogP contribution in [-0.4, -0.2) is 60.6 Å². The van der Waals surface area contributed by atoms with Crippen LogP contribution in [0.1, 0.15) is 52.4 Å². The molecule has 29 heavy (non-hydrogen) atoms. The third-order valence-electron chi connectivity index (χ3n) is 5.76. The predicted octanol–water partition coefficient (Wildman–Crippen LogP) is 1.23. The van der Waals surface area contributed by atoms with Crippen LogP contribution in [0, 0.1) is 5.92 Å². The summed E-state index contributed by atoms with van der Waals surface area (Å²) in [5.74, 6) is -1.57. The molecular formula is C20H29N3O6. The van der Waals surface area contributed by atoms with Crippen LogP contribution in [-0.2, 0) is 23.9 Å². The number of rotatable bonds is 7. The van der Waals surface area contributed by atoms with Gasteiger partial charge in [0.2, 0.25) is 5.91 Å². The van der Waals surface area contributed by atoms with Gasteiger partial charge >= 0.3 is 18.0 Å².